The van der Waals surface area contributed by atoms with Crippen LogP contribution in [-0.4, -0.2) is 24.5 Å². The molecular weight excluding hydrogens is 334 g/mol. The highest BCUT2D eigenvalue weighted by Crippen LogP contribution is 2.25. The minimum Gasteiger partial charge on any atom is -0.375 e. The zero-order valence-corrected chi connectivity index (χ0v) is 12.9. The summed E-state index contributed by atoms with van der Waals surface area (Å²) in [5, 5.41) is 8.12. The predicted octanol–water partition coefficient (Wildman–Crippen LogP) is 2.75. The van der Waals surface area contributed by atoms with Gasteiger partial charge in [0.2, 0.25) is 5.91 Å². The van der Waals surface area contributed by atoms with E-state index in [9.17, 15) is 9.59 Å². The molecule has 0 bridgehead atoms. The van der Waals surface area contributed by atoms with E-state index in [0.29, 0.717) is 10.7 Å². The number of benzene rings is 1. The lowest BCUT2D eigenvalue weighted by molar-refractivity contribution is -0.118. The van der Waals surface area contributed by atoms with Gasteiger partial charge in [-0.15, -0.1) is 0 Å². The van der Waals surface area contributed by atoms with Gasteiger partial charge in [0.15, 0.2) is 0 Å². The molecule has 7 heteroatoms. The number of nitrogens with one attached hydrogen (secondary N) is 3. The van der Waals surface area contributed by atoms with Gasteiger partial charge in [-0.05, 0) is 32.0 Å². The Bertz CT molecular complexity index is 480. The Hall–Kier alpha value is -1.27. The van der Waals surface area contributed by atoms with Gasteiger partial charge in [-0.1, -0.05) is 27.5 Å². The summed E-state index contributed by atoms with van der Waals surface area (Å²) in [6.45, 7) is 3.58. The normalized spacial score (nSPS) is 10.2. The van der Waals surface area contributed by atoms with Crippen LogP contribution in [-0.2, 0) is 4.79 Å². The van der Waals surface area contributed by atoms with E-state index in [1.54, 1.807) is 18.2 Å². The summed E-state index contributed by atoms with van der Waals surface area (Å²) in [7, 11) is 0. The summed E-state index contributed by atoms with van der Waals surface area (Å²) in [5.74, 6) is -0.433. The van der Waals surface area contributed by atoms with Crippen LogP contribution >= 0.6 is 27.5 Å². The second-order valence-electron chi connectivity index (χ2n) is 4.15. The van der Waals surface area contributed by atoms with Crippen LogP contribution in [0.5, 0.6) is 0 Å². The Balaban J connectivity index is 2.44. The Kier molecular flexibility index (Phi) is 6.11. The first-order chi connectivity index (χ1) is 8.88. The topological polar surface area (TPSA) is 70.2 Å². The fourth-order valence-electron chi connectivity index (χ4n) is 1.28. The highest BCUT2D eigenvalue weighted by molar-refractivity contribution is 9.10. The number of urea groups is 1. The number of anilines is 1. The van der Waals surface area contributed by atoms with Crippen molar-refractivity contribution in [2.75, 3.05) is 11.9 Å². The second kappa shape index (κ2) is 7.35. The van der Waals surface area contributed by atoms with Crippen LogP contribution in [0.1, 0.15) is 13.8 Å². The van der Waals surface area contributed by atoms with Crippen LogP contribution < -0.4 is 16.0 Å². The molecule has 3 N–H and O–H groups in total. The van der Waals surface area contributed by atoms with Crippen LogP contribution in [0.2, 0.25) is 5.02 Å². The maximum absolute atomic E-state index is 11.5. The summed E-state index contributed by atoms with van der Waals surface area (Å²) in [5.41, 5.74) is 0.629. The number of imide groups is 1. The first-order valence-corrected chi connectivity index (χ1v) is 6.85. The van der Waals surface area contributed by atoms with E-state index in [-0.39, 0.29) is 12.6 Å². The Morgan fingerprint density at radius 3 is 2.63 bits per heavy atom. The van der Waals surface area contributed by atoms with Crippen molar-refractivity contribution >= 4 is 45.2 Å². The van der Waals surface area contributed by atoms with E-state index in [4.69, 9.17) is 11.6 Å². The molecular formula is C12H15BrClN3O2. The molecule has 5 nitrogen and oxygen atoms in total. The quantitative estimate of drug-likeness (QED) is 0.783. The summed E-state index contributed by atoms with van der Waals surface area (Å²) >= 11 is 9.27. The summed E-state index contributed by atoms with van der Waals surface area (Å²) in [6, 6.07) is 4.73. The lowest BCUT2D eigenvalue weighted by Gasteiger charge is -2.11. The average molecular weight is 349 g/mol. The van der Waals surface area contributed by atoms with E-state index in [1.165, 1.54) is 0 Å². The highest BCUT2D eigenvalue weighted by atomic mass is 79.9. The smallest absolute Gasteiger partial charge is 0.321 e. The monoisotopic (exact) mass is 347 g/mol. The lowest BCUT2D eigenvalue weighted by Crippen LogP contribution is -2.44. The van der Waals surface area contributed by atoms with E-state index in [2.05, 4.69) is 31.9 Å². The van der Waals surface area contributed by atoms with Crippen molar-refractivity contribution in [3.05, 3.63) is 27.7 Å². The van der Waals surface area contributed by atoms with E-state index >= 15 is 0 Å². The molecule has 0 aliphatic carbocycles. The van der Waals surface area contributed by atoms with Gasteiger partial charge in [0, 0.05) is 10.5 Å². The molecule has 0 unspecified atom stereocenters. The van der Waals surface area contributed by atoms with Crippen LogP contribution in [0.25, 0.3) is 0 Å². The van der Waals surface area contributed by atoms with Gasteiger partial charge in [0.1, 0.15) is 0 Å². The Labute approximate surface area is 125 Å². The number of hydrogen-bond acceptors (Lipinski definition) is 3. The standard InChI is InChI=1S/C12H15BrClN3O2/c1-7(2)16-12(19)17-11(18)6-15-10-4-3-8(13)5-9(10)14/h3-5,7,15H,6H2,1-2H3,(H2,16,17,18,19). The van der Waals surface area contributed by atoms with Crippen molar-refractivity contribution in [2.24, 2.45) is 0 Å². The van der Waals surface area contributed by atoms with Crippen molar-refractivity contribution in [2.45, 2.75) is 19.9 Å². The molecule has 0 aromatic heterocycles. The predicted molar refractivity (Wildman–Crippen MR) is 79.5 cm³/mol. The number of carbonyl (C=O) groups is 2. The zero-order chi connectivity index (χ0) is 14.4. The van der Waals surface area contributed by atoms with Crippen LogP contribution in [0, 0.1) is 0 Å². The molecule has 0 heterocycles. The molecule has 0 radical (unpaired) electrons. The molecule has 1 rings (SSSR count). The number of rotatable bonds is 4. The van der Waals surface area contributed by atoms with Gasteiger partial charge >= 0.3 is 6.03 Å². The van der Waals surface area contributed by atoms with Gasteiger partial charge < -0.3 is 10.6 Å². The molecule has 0 aliphatic heterocycles. The van der Waals surface area contributed by atoms with Crippen molar-refractivity contribution in [3.8, 4) is 0 Å². The zero-order valence-electron chi connectivity index (χ0n) is 10.6. The maximum Gasteiger partial charge on any atom is 0.321 e. The van der Waals surface area contributed by atoms with Crippen molar-refractivity contribution < 1.29 is 9.59 Å². The van der Waals surface area contributed by atoms with Crippen molar-refractivity contribution in [1.29, 1.82) is 0 Å². The minimum absolute atomic E-state index is 0.0262. The molecule has 3 amide bonds. The van der Waals surface area contributed by atoms with Gasteiger partial charge in [-0.25, -0.2) is 4.79 Å². The largest absolute Gasteiger partial charge is 0.375 e. The van der Waals surface area contributed by atoms with Gasteiger partial charge in [-0.3, -0.25) is 10.1 Å². The third-order valence-corrected chi connectivity index (χ3v) is 2.85. The number of hydrogen-bond donors (Lipinski definition) is 3. The summed E-state index contributed by atoms with van der Waals surface area (Å²) in [6.07, 6.45) is 0. The van der Waals surface area contributed by atoms with E-state index in [0.717, 1.165) is 4.47 Å². The van der Waals surface area contributed by atoms with Gasteiger partial charge in [0.05, 0.1) is 17.3 Å². The molecule has 0 saturated carbocycles. The molecule has 0 fully saturated rings. The van der Waals surface area contributed by atoms with E-state index in [1.807, 2.05) is 13.8 Å². The number of carbonyl (C=O) groups excluding carboxylic acids is 2. The SMILES string of the molecule is CC(C)NC(=O)NC(=O)CNc1ccc(Br)cc1Cl. The molecule has 1 aromatic rings. The third-order valence-electron chi connectivity index (χ3n) is 2.04. The number of amides is 3. The Morgan fingerprint density at radius 2 is 2.05 bits per heavy atom. The third kappa shape index (κ3) is 5.94. The highest BCUT2D eigenvalue weighted by Gasteiger charge is 2.09. The van der Waals surface area contributed by atoms with E-state index < -0.39 is 11.9 Å². The molecule has 104 valence electrons. The second-order valence-corrected chi connectivity index (χ2v) is 5.48. The maximum atomic E-state index is 11.5. The van der Waals surface area contributed by atoms with Crippen LogP contribution in [0.15, 0.2) is 22.7 Å². The fourth-order valence-corrected chi connectivity index (χ4v) is 2.02. The van der Waals surface area contributed by atoms with Crippen LogP contribution in [0.3, 0.4) is 0 Å². The molecule has 1 aromatic carbocycles. The van der Waals surface area contributed by atoms with Gasteiger partial charge in [0.25, 0.3) is 0 Å². The first kappa shape index (κ1) is 15.8. The van der Waals surface area contributed by atoms with Gasteiger partial charge in [-0.2, -0.15) is 0 Å². The summed E-state index contributed by atoms with van der Waals surface area (Å²) < 4.78 is 0.851. The molecule has 19 heavy (non-hydrogen) atoms. The Morgan fingerprint density at radius 1 is 1.37 bits per heavy atom. The molecule has 0 atom stereocenters. The summed E-state index contributed by atoms with van der Waals surface area (Å²) in [4.78, 5) is 22.8. The fraction of sp³-hybridized carbons (Fsp3) is 0.333. The lowest BCUT2D eigenvalue weighted by atomic mass is 10.3. The number of halogens is 2. The first-order valence-electron chi connectivity index (χ1n) is 5.67. The van der Waals surface area contributed by atoms with Crippen LogP contribution in [0.4, 0.5) is 10.5 Å². The van der Waals surface area contributed by atoms with Crippen molar-refractivity contribution in [3.63, 3.8) is 0 Å². The molecule has 0 spiro atoms. The molecule has 0 aliphatic rings. The minimum atomic E-state index is -0.510. The molecule has 0 saturated heterocycles. The average Bonchev–Trinajstić information content (AvgIpc) is 2.26. The van der Waals surface area contributed by atoms with Crippen molar-refractivity contribution in [1.82, 2.24) is 10.6 Å².